The maximum atomic E-state index is 12.4. The number of carbonyl (C=O) groups excluding carboxylic acids is 1. The Morgan fingerprint density at radius 1 is 1.09 bits per heavy atom. The molecule has 0 unspecified atom stereocenters. The molecule has 2 amide bonds. The summed E-state index contributed by atoms with van der Waals surface area (Å²) in [5, 5.41) is 21.3. The molecule has 9 nitrogen and oxygen atoms in total. The lowest BCUT2D eigenvalue weighted by Gasteiger charge is -2.38. The summed E-state index contributed by atoms with van der Waals surface area (Å²) in [5.74, 6) is 0.714. The van der Waals surface area contributed by atoms with Crippen molar-refractivity contribution in [3.63, 3.8) is 0 Å². The summed E-state index contributed by atoms with van der Waals surface area (Å²) in [6, 6.07) is 11.3. The van der Waals surface area contributed by atoms with Gasteiger partial charge in [-0.15, -0.1) is 0 Å². The third-order valence-corrected chi connectivity index (χ3v) is 5.17. The smallest absolute Gasteiger partial charge is 0.323 e. The van der Waals surface area contributed by atoms with E-state index < -0.39 is 11.0 Å². The van der Waals surface area contributed by atoms with Gasteiger partial charge in [0.15, 0.2) is 0 Å². The van der Waals surface area contributed by atoms with E-state index in [0.717, 1.165) is 25.9 Å². The predicted molar refractivity (Wildman–Crippen MR) is 126 cm³/mol. The number of hydrogen-bond donors (Lipinski definition) is 2. The van der Waals surface area contributed by atoms with Crippen LogP contribution in [0.2, 0.25) is 0 Å². The first-order valence-electron chi connectivity index (χ1n) is 11.0. The number of nitrogens with zero attached hydrogens (tertiary/aromatic N) is 3. The van der Waals surface area contributed by atoms with Crippen molar-refractivity contribution < 1.29 is 14.5 Å². The van der Waals surface area contributed by atoms with Crippen molar-refractivity contribution in [3.05, 3.63) is 52.6 Å². The summed E-state index contributed by atoms with van der Waals surface area (Å²) in [6.07, 6.45) is 3.40. The third-order valence-electron chi connectivity index (χ3n) is 5.17. The Hall–Kier alpha value is -3.33. The highest BCUT2D eigenvalue weighted by molar-refractivity contribution is 6.00. The Balaban J connectivity index is 1.70. The first kappa shape index (κ1) is 23.3. The molecule has 1 aliphatic heterocycles. The Morgan fingerprint density at radius 2 is 1.72 bits per heavy atom. The van der Waals surface area contributed by atoms with Crippen molar-refractivity contribution in [2.24, 2.45) is 0 Å². The van der Waals surface area contributed by atoms with Crippen molar-refractivity contribution in [1.29, 1.82) is 0 Å². The Kier molecular flexibility index (Phi) is 7.88. The Morgan fingerprint density at radius 3 is 2.31 bits per heavy atom. The topological polar surface area (TPSA) is 100.0 Å². The number of carbonyl (C=O) groups is 1. The summed E-state index contributed by atoms with van der Waals surface area (Å²) in [5.41, 5.74) is 1.44. The van der Waals surface area contributed by atoms with Crippen LogP contribution in [0.4, 0.5) is 27.5 Å². The summed E-state index contributed by atoms with van der Waals surface area (Å²) < 4.78 is 5.59. The zero-order valence-corrected chi connectivity index (χ0v) is 18.8. The van der Waals surface area contributed by atoms with Gasteiger partial charge in [0.25, 0.3) is 5.69 Å². The molecule has 32 heavy (non-hydrogen) atoms. The van der Waals surface area contributed by atoms with Crippen molar-refractivity contribution in [3.8, 4) is 5.75 Å². The summed E-state index contributed by atoms with van der Waals surface area (Å²) >= 11 is 0. The van der Waals surface area contributed by atoms with Gasteiger partial charge in [-0.2, -0.15) is 0 Å². The quantitative estimate of drug-likeness (QED) is 0.428. The summed E-state index contributed by atoms with van der Waals surface area (Å²) in [6.45, 7) is 8.26. The molecule has 3 rings (SSSR count). The number of anilines is 3. The van der Waals surface area contributed by atoms with Gasteiger partial charge in [0, 0.05) is 37.1 Å². The molecule has 1 saturated heterocycles. The predicted octanol–water partition coefficient (Wildman–Crippen LogP) is 5.25. The highest BCUT2D eigenvalue weighted by Gasteiger charge is 2.25. The van der Waals surface area contributed by atoms with Crippen LogP contribution in [-0.4, -0.2) is 41.7 Å². The zero-order valence-electron chi connectivity index (χ0n) is 18.8. The molecule has 9 heteroatoms. The van der Waals surface area contributed by atoms with Crippen LogP contribution in [0.15, 0.2) is 42.5 Å². The van der Waals surface area contributed by atoms with Gasteiger partial charge in [0.1, 0.15) is 11.4 Å². The van der Waals surface area contributed by atoms with Gasteiger partial charge >= 0.3 is 6.03 Å². The SMILES string of the molecule is CCN(c1ccc(NC(=O)Nc2ccc(OC(C)C)cc2)cc1[N+](=O)[O-])N1CCCCC1. The first-order valence-corrected chi connectivity index (χ1v) is 11.0. The van der Waals surface area contributed by atoms with Crippen LogP contribution in [0.1, 0.15) is 40.0 Å². The van der Waals surface area contributed by atoms with E-state index in [2.05, 4.69) is 15.6 Å². The monoisotopic (exact) mass is 441 g/mol. The van der Waals surface area contributed by atoms with Gasteiger partial charge in [0.05, 0.1) is 11.0 Å². The van der Waals surface area contributed by atoms with Crippen LogP contribution in [0.25, 0.3) is 0 Å². The van der Waals surface area contributed by atoms with Crippen LogP contribution in [0.3, 0.4) is 0 Å². The second-order valence-electron chi connectivity index (χ2n) is 7.96. The van der Waals surface area contributed by atoms with Gasteiger partial charge < -0.3 is 15.4 Å². The number of ether oxygens (including phenoxy) is 1. The minimum absolute atomic E-state index is 0.0367. The number of hydrogen-bond acceptors (Lipinski definition) is 6. The second-order valence-corrected chi connectivity index (χ2v) is 7.96. The van der Waals surface area contributed by atoms with Crippen LogP contribution in [0.5, 0.6) is 5.75 Å². The molecule has 1 fully saturated rings. The van der Waals surface area contributed by atoms with E-state index in [9.17, 15) is 14.9 Å². The first-order chi connectivity index (χ1) is 15.4. The number of piperidine rings is 1. The number of rotatable bonds is 8. The lowest BCUT2D eigenvalue weighted by atomic mass is 10.1. The average Bonchev–Trinajstić information content (AvgIpc) is 2.76. The zero-order chi connectivity index (χ0) is 23.1. The fourth-order valence-electron chi connectivity index (χ4n) is 3.79. The summed E-state index contributed by atoms with van der Waals surface area (Å²) in [4.78, 5) is 23.8. The van der Waals surface area contributed by atoms with Crippen molar-refractivity contribution >= 4 is 28.8 Å². The Bertz CT molecular complexity index is 926. The minimum atomic E-state index is -0.479. The van der Waals surface area contributed by atoms with Gasteiger partial charge in [-0.3, -0.25) is 15.1 Å². The fourth-order valence-corrected chi connectivity index (χ4v) is 3.79. The lowest BCUT2D eigenvalue weighted by molar-refractivity contribution is -0.384. The second kappa shape index (κ2) is 10.8. The number of nitro benzene ring substituents is 1. The number of benzene rings is 2. The Labute approximate surface area is 188 Å². The van der Waals surface area contributed by atoms with Crippen molar-refractivity contribution in [1.82, 2.24) is 5.01 Å². The molecule has 0 bridgehead atoms. The number of nitro groups is 1. The standard InChI is InChI=1S/C23H31N5O4/c1-4-27(26-14-6-5-7-15-26)21-13-10-19(16-22(21)28(30)31)25-23(29)24-18-8-11-20(12-9-18)32-17(2)3/h8-13,16-17H,4-7,14-15H2,1-3H3,(H2,24,25,29). The van der Waals surface area contributed by atoms with E-state index >= 15 is 0 Å². The molecule has 0 atom stereocenters. The van der Waals surface area contributed by atoms with Gasteiger partial charge in [-0.05, 0) is 70.0 Å². The number of hydrazine groups is 1. The third kappa shape index (κ3) is 6.10. The molecule has 0 aromatic heterocycles. The highest BCUT2D eigenvalue weighted by Crippen LogP contribution is 2.33. The molecule has 2 N–H and O–H groups in total. The van der Waals surface area contributed by atoms with Crippen LogP contribution in [0, 0.1) is 10.1 Å². The highest BCUT2D eigenvalue weighted by atomic mass is 16.6. The van der Waals surface area contributed by atoms with Gasteiger partial charge in [-0.25, -0.2) is 9.80 Å². The molecule has 0 aliphatic carbocycles. The summed E-state index contributed by atoms with van der Waals surface area (Å²) in [7, 11) is 0. The molecule has 1 heterocycles. The van der Waals surface area contributed by atoms with E-state index in [1.165, 1.54) is 12.5 Å². The van der Waals surface area contributed by atoms with E-state index in [0.29, 0.717) is 29.4 Å². The number of urea groups is 1. The number of nitrogens with one attached hydrogen (secondary N) is 2. The largest absolute Gasteiger partial charge is 0.491 e. The molecule has 0 saturated carbocycles. The minimum Gasteiger partial charge on any atom is -0.491 e. The molecule has 2 aromatic rings. The van der Waals surface area contributed by atoms with E-state index in [1.54, 1.807) is 36.4 Å². The van der Waals surface area contributed by atoms with E-state index in [4.69, 9.17) is 4.74 Å². The number of amides is 2. The van der Waals surface area contributed by atoms with Crippen molar-refractivity contribution in [2.45, 2.75) is 46.1 Å². The van der Waals surface area contributed by atoms with Crippen LogP contribution < -0.4 is 20.4 Å². The van der Waals surface area contributed by atoms with E-state index in [1.807, 2.05) is 25.8 Å². The molecule has 2 aromatic carbocycles. The molecule has 1 aliphatic rings. The molecule has 0 spiro atoms. The molecular formula is C23H31N5O4. The fraction of sp³-hybridized carbons (Fsp3) is 0.435. The molecule has 0 radical (unpaired) electrons. The van der Waals surface area contributed by atoms with Crippen LogP contribution >= 0.6 is 0 Å². The average molecular weight is 442 g/mol. The van der Waals surface area contributed by atoms with Crippen LogP contribution in [-0.2, 0) is 0 Å². The lowest BCUT2D eigenvalue weighted by Crippen LogP contribution is -2.45. The van der Waals surface area contributed by atoms with Crippen molar-refractivity contribution in [2.75, 3.05) is 35.3 Å². The molecular weight excluding hydrogens is 410 g/mol. The van der Waals surface area contributed by atoms with Gasteiger partial charge in [0.2, 0.25) is 0 Å². The van der Waals surface area contributed by atoms with E-state index in [-0.39, 0.29) is 11.8 Å². The molecule has 172 valence electrons. The normalized spacial score (nSPS) is 14.1. The maximum absolute atomic E-state index is 12.4. The van der Waals surface area contributed by atoms with Gasteiger partial charge in [-0.1, -0.05) is 6.42 Å². The maximum Gasteiger partial charge on any atom is 0.323 e.